The molecule has 1 fully saturated rings. The van der Waals surface area contributed by atoms with E-state index in [0.29, 0.717) is 109 Å². The van der Waals surface area contributed by atoms with Gasteiger partial charge in [-0.3, -0.25) is 38.8 Å². The summed E-state index contributed by atoms with van der Waals surface area (Å²) in [4.78, 5) is 115. The van der Waals surface area contributed by atoms with E-state index in [1.54, 1.807) is 24.0 Å². The molecule has 10 N–H and O–H groups in total. The predicted octanol–water partition coefficient (Wildman–Crippen LogP) is 2.03. The lowest BCUT2D eigenvalue weighted by Gasteiger charge is -2.34. The molecule has 1 aliphatic heterocycles. The second-order valence-electron chi connectivity index (χ2n) is 21.1. The third-order valence-electron chi connectivity index (χ3n) is 14.1. The number of unbranched alkanes of at least 4 members (excludes halogenated alkanes) is 1. The first-order chi connectivity index (χ1) is 38.7. The molecule has 1 heterocycles. The first-order valence-electron chi connectivity index (χ1n) is 27.8. The smallest absolute Gasteiger partial charge is 0.326 e. The van der Waals surface area contributed by atoms with E-state index in [4.69, 9.17) is 0 Å². The number of nitrogens with zero attached hydrogens (tertiary/aromatic N) is 6. The van der Waals surface area contributed by atoms with Crippen molar-refractivity contribution in [1.82, 2.24) is 51.5 Å². The second kappa shape index (κ2) is 35.9. The van der Waals surface area contributed by atoms with Crippen LogP contribution in [0.25, 0.3) is 0 Å². The van der Waals surface area contributed by atoms with Crippen LogP contribution in [0.5, 0.6) is 0 Å². The zero-order chi connectivity index (χ0) is 59.3. The van der Waals surface area contributed by atoms with E-state index in [1.165, 1.54) is 6.92 Å². The fraction of sp³-hybridized carbons (Fsp3) is 0.589. The minimum Gasteiger partial charge on any atom is -0.480 e. The number of carbonyl (C=O) groups is 7. The molecule has 2 aromatic rings. The average molecular weight is 1130 g/mol. The monoisotopic (exact) mass is 1130 g/mol. The summed E-state index contributed by atoms with van der Waals surface area (Å²) in [6.07, 6.45) is 6.77. The molecule has 0 saturated carbocycles. The van der Waals surface area contributed by atoms with Gasteiger partial charge in [0, 0.05) is 125 Å². The molecular weight excluding hydrogens is 1050 g/mol. The van der Waals surface area contributed by atoms with E-state index in [2.05, 4.69) is 84.1 Å². The molecule has 0 spiro atoms. The number of nitroso groups, excluding NO2 is 2. The molecule has 7 atom stereocenters. The lowest BCUT2D eigenvalue weighted by Crippen LogP contribution is -2.51. The van der Waals surface area contributed by atoms with Crippen LogP contribution in [0.2, 0.25) is 0 Å². The van der Waals surface area contributed by atoms with Crippen LogP contribution in [-0.2, 0) is 32.3 Å². The van der Waals surface area contributed by atoms with E-state index >= 15 is 0 Å². The van der Waals surface area contributed by atoms with Crippen molar-refractivity contribution in [2.24, 2.45) is 16.3 Å². The number of hydrogen-bond acceptors (Lipinski definition) is 17. The van der Waals surface area contributed by atoms with Crippen molar-refractivity contribution in [1.29, 1.82) is 0 Å². The summed E-state index contributed by atoms with van der Waals surface area (Å²) in [6, 6.07) is 11.3. The van der Waals surface area contributed by atoms with Gasteiger partial charge in [0.15, 0.2) is 0 Å². The van der Waals surface area contributed by atoms with E-state index in [-0.39, 0.29) is 68.7 Å². The summed E-state index contributed by atoms with van der Waals surface area (Å²) >= 11 is 0. The number of hydrogen-bond donors (Lipinski definition) is 10. The second-order valence-corrected chi connectivity index (χ2v) is 21.1. The van der Waals surface area contributed by atoms with Gasteiger partial charge in [-0.1, -0.05) is 42.5 Å². The number of urea groups is 1. The van der Waals surface area contributed by atoms with Crippen molar-refractivity contribution in [3.8, 4) is 0 Å². The van der Waals surface area contributed by atoms with Crippen LogP contribution in [0.1, 0.15) is 98.1 Å². The van der Waals surface area contributed by atoms with Crippen molar-refractivity contribution >= 4 is 41.6 Å². The molecular formula is C56H84N12O13. The summed E-state index contributed by atoms with van der Waals surface area (Å²) in [6.45, 7) is 14.0. The summed E-state index contributed by atoms with van der Waals surface area (Å²) < 4.78 is 0. The lowest BCUT2D eigenvalue weighted by atomic mass is 9.93. The standard InChI is InChI=1S/C56H84N12O13/c1-38(34-65-23-25-66(35-40(3)70)26-28-68(37-51(72)64-81)30-29-67(27-24-65)36-50(71)63-80)58-31-42-11-19-47(20-12-42)53(74)60-33-44-9-15-45(16-10-44)41(4)59-32-43-13-17-46(18-14-43)52(73)57-22-6-5-7-48(54(75)76)61-56(79)62-49(55(77)78)21-8-39(2)69/h9,11-20,38-41,44,48-49,58-59,69-70H,5-8,10,21-37H2,1-4H3,(H,57,73)(H,60,74)(H,75,76)(H,77,78)(H2,61,62,79). The van der Waals surface area contributed by atoms with Crippen molar-refractivity contribution in [2.75, 3.05) is 91.6 Å². The van der Waals surface area contributed by atoms with Crippen LogP contribution >= 0.6 is 0 Å². The fourth-order valence-corrected chi connectivity index (χ4v) is 9.29. The highest BCUT2D eigenvalue weighted by Gasteiger charge is 2.26. The lowest BCUT2D eigenvalue weighted by molar-refractivity contribution is -0.139. The van der Waals surface area contributed by atoms with Crippen molar-refractivity contribution in [3.63, 3.8) is 0 Å². The number of carboxylic acid groups (broad SMARTS) is 2. The zero-order valence-electron chi connectivity index (χ0n) is 47.1. The maximum atomic E-state index is 13.2. The Balaban J connectivity index is 1.15. The average Bonchev–Trinajstić information content (AvgIpc) is 3.45. The van der Waals surface area contributed by atoms with Crippen LogP contribution in [0.15, 0.2) is 82.7 Å². The van der Waals surface area contributed by atoms with Gasteiger partial charge in [-0.15, -0.1) is 9.81 Å². The number of allylic oxidation sites excluding steroid dienone is 1. The van der Waals surface area contributed by atoms with Gasteiger partial charge in [-0.05, 0) is 113 Å². The SMILES string of the molecule is CC(O)CCC(NC(=O)NC(CCCCNC(=O)c1ccc(CNC(C)C2=CCC(CNC(=O)c3ccc(CNC(C)CN4CCN(CC(=O)N=O)CCN(CC(=O)N=O)CCN(CC(C)O)CC4)cc3)C=C2)cc1)C(=O)O)C(=O)O. The summed E-state index contributed by atoms with van der Waals surface area (Å²) in [5.41, 5.74) is 4.13. The number of carbonyl (C=O) groups excluding carboxylic acids is 5. The normalized spacial score (nSPS) is 18.2. The number of carboxylic acids is 2. The molecule has 7 unspecified atom stereocenters. The Morgan fingerprint density at radius 1 is 0.593 bits per heavy atom. The van der Waals surface area contributed by atoms with Crippen LogP contribution in [0.3, 0.4) is 0 Å². The minimum absolute atomic E-state index is 0.0244. The Morgan fingerprint density at radius 2 is 1.07 bits per heavy atom. The summed E-state index contributed by atoms with van der Waals surface area (Å²) in [5.74, 6) is -4.48. The molecule has 4 rings (SSSR count). The molecule has 81 heavy (non-hydrogen) atoms. The highest BCUT2D eigenvalue weighted by molar-refractivity contribution is 5.94. The fourth-order valence-electron chi connectivity index (χ4n) is 9.29. The van der Waals surface area contributed by atoms with Crippen LogP contribution in [0.4, 0.5) is 4.79 Å². The van der Waals surface area contributed by atoms with Gasteiger partial charge in [0.2, 0.25) is 0 Å². The molecule has 0 radical (unpaired) electrons. The highest BCUT2D eigenvalue weighted by Crippen LogP contribution is 2.19. The van der Waals surface area contributed by atoms with Gasteiger partial charge in [-0.2, -0.15) is 0 Å². The molecule has 6 amide bonds. The molecule has 1 aliphatic carbocycles. The van der Waals surface area contributed by atoms with Crippen LogP contribution in [-0.4, -0.2) is 210 Å². The number of aliphatic hydroxyl groups is 2. The summed E-state index contributed by atoms with van der Waals surface area (Å²) in [5, 5.41) is 61.2. The molecule has 25 nitrogen and oxygen atoms in total. The number of aliphatic hydroxyl groups excluding tert-OH is 2. The Hall–Kier alpha value is -6.71. The molecule has 1 saturated heterocycles. The maximum Gasteiger partial charge on any atom is 0.326 e. The van der Waals surface area contributed by atoms with Gasteiger partial charge >= 0.3 is 18.0 Å². The predicted molar refractivity (Wildman–Crippen MR) is 304 cm³/mol. The molecule has 2 aliphatic rings. The van der Waals surface area contributed by atoms with Gasteiger partial charge in [-0.25, -0.2) is 14.4 Å². The number of rotatable bonds is 31. The van der Waals surface area contributed by atoms with Gasteiger partial charge in [0.1, 0.15) is 12.1 Å². The molecule has 2 aromatic carbocycles. The van der Waals surface area contributed by atoms with Crippen molar-refractivity contribution < 1.29 is 54.0 Å². The maximum absolute atomic E-state index is 13.2. The van der Waals surface area contributed by atoms with E-state index in [1.807, 2.05) is 41.3 Å². The van der Waals surface area contributed by atoms with E-state index in [0.717, 1.165) is 23.1 Å². The molecule has 25 heteroatoms. The first-order valence-corrected chi connectivity index (χ1v) is 27.8. The third-order valence-corrected chi connectivity index (χ3v) is 14.1. The highest BCUT2D eigenvalue weighted by atomic mass is 16.4. The Morgan fingerprint density at radius 3 is 1.54 bits per heavy atom. The van der Waals surface area contributed by atoms with Gasteiger partial charge < -0.3 is 52.3 Å². The van der Waals surface area contributed by atoms with Crippen molar-refractivity contribution in [3.05, 3.63) is 104 Å². The topological polar surface area (TPSA) is 344 Å². The molecule has 0 bridgehead atoms. The largest absolute Gasteiger partial charge is 0.480 e. The Labute approximate surface area is 473 Å². The van der Waals surface area contributed by atoms with Crippen molar-refractivity contribution in [2.45, 2.75) is 116 Å². The number of aliphatic carboxylic acids is 2. The number of β-amino-alcohol motifs (C(OH)–C–C–N with tert-alkyl or cyclic N) is 1. The third kappa shape index (κ3) is 26.2. The van der Waals surface area contributed by atoms with Crippen LogP contribution < -0.4 is 31.9 Å². The minimum atomic E-state index is -1.30. The first kappa shape index (κ1) is 66.8. The molecule has 0 aromatic heterocycles. The number of amides is 6. The quantitative estimate of drug-likeness (QED) is 0.0381. The van der Waals surface area contributed by atoms with Gasteiger partial charge in [0.05, 0.1) is 25.3 Å². The summed E-state index contributed by atoms with van der Waals surface area (Å²) in [7, 11) is 0. The Kier molecular flexibility index (Phi) is 29.6. The van der Waals surface area contributed by atoms with E-state index in [9.17, 15) is 63.8 Å². The van der Waals surface area contributed by atoms with E-state index < -0.39 is 54.1 Å². The zero-order valence-corrected chi connectivity index (χ0v) is 47.1. The number of benzene rings is 2. The Bertz CT molecular complexity index is 2420. The molecule has 446 valence electrons. The van der Waals surface area contributed by atoms with Crippen LogP contribution in [0, 0.1) is 15.7 Å². The number of nitrogens with one attached hydrogen (secondary N) is 6. The van der Waals surface area contributed by atoms with Gasteiger partial charge in [0.25, 0.3) is 23.6 Å².